The van der Waals surface area contributed by atoms with Crippen LogP contribution in [0.2, 0.25) is 0 Å². The average molecular weight is 302 g/mol. The third-order valence-electron chi connectivity index (χ3n) is 2.62. The van der Waals surface area contributed by atoms with Crippen molar-refractivity contribution in [1.29, 1.82) is 0 Å². The van der Waals surface area contributed by atoms with E-state index < -0.39 is 29.2 Å². The van der Waals surface area contributed by atoms with Crippen LogP contribution < -0.4 is 14.8 Å². The van der Waals surface area contributed by atoms with Crippen molar-refractivity contribution in [3.63, 3.8) is 0 Å². The van der Waals surface area contributed by atoms with E-state index in [0.29, 0.717) is 11.5 Å². The van der Waals surface area contributed by atoms with Gasteiger partial charge in [0.15, 0.2) is 0 Å². The maximum atomic E-state index is 13.5. The zero-order valence-corrected chi connectivity index (χ0v) is 11.0. The highest BCUT2D eigenvalue weighted by Gasteiger charge is 2.21. The van der Waals surface area contributed by atoms with Gasteiger partial charge in [-0.05, 0) is 0 Å². The Kier molecular flexibility index (Phi) is 4.15. The maximum absolute atomic E-state index is 13.5. The van der Waals surface area contributed by atoms with Gasteiger partial charge in [-0.2, -0.15) is 22.5 Å². The Bertz CT molecular complexity index is 631. The molecule has 112 valence electrons. The second kappa shape index (κ2) is 5.86. The Morgan fingerprint density at radius 1 is 0.857 bits per heavy atom. The summed E-state index contributed by atoms with van der Waals surface area (Å²) in [6.45, 7) is 0. The lowest BCUT2D eigenvalue weighted by molar-refractivity contribution is 0.394. The number of aromatic nitrogens is 1. The summed E-state index contributed by atoms with van der Waals surface area (Å²) in [5.74, 6) is -6.09. The highest BCUT2D eigenvalue weighted by atomic mass is 19.2. The second-order valence-corrected chi connectivity index (χ2v) is 3.92. The molecule has 0 saturated carbocycles. The number of benzene rings is 1. The normalized spacial score (nSPS) is 10.4. The molecule has 0 amide bonds. The van der Waals surface area contributed by atoms with Gasteiger partial charge in [-0.25, -0.2) is 0 Å². The first-order valence-electron chi connectivity index (χ1n) is 5.66. The first-order valence-corrected chi connectivity index (χ1v) is 5.66. The first kappa shape index (κ1) is 14.9. The predicted molar refractivity (Wildman–Crippen MR) is 66.9 cm³/mol. The molecule has 0 unspecified atom stereocenters. The monoisotopic (exact) mass is 302 g/mol. The van der Waals surface area contributed by atoms with E-state index in [1.165, 1.54) is 32.4 Å². The minimum absolute atomic E-state index is 0.119. The van der Waals surface area contributed by atoms with E-state index in [1.54, 1.807) is 0 Å². The van der Waals surface area contributed by atoms with Gasteiger partial charge < -0.3 is 14.8 Å². The summed E-state index contributed by atoms with van der Waals surface area (Å²) in [4.78, 5) is 2.47. The summed E-state index contributed by atoms with van der Waals surface area (Å²) < 4.78 is 63.1. The molecule has 1 aromatic heterocycles. The molecule has 2 aromatic rings. The lowest BCUT2D eigenvalue weighted by atomic mass is 10.2. The van der Waals surface area contributed by atoms with Crippen LogP contribution in [-0.4, -0.2) is 19.2 Å². The van der Waals surface area contributed by atoms with E-state index in [0.717, 1.165) is 0 Å². The Balaban J connectivity index is 2.47. The molecule has 1 N–H and O–H groups in total. The second-order valence-electron chi connectivity index (χ2n) is 3.92. The van der Waals surface area contributed by atoms with Crippen molar-refractivity contribution in [2.24, 2.45) is 0 Å². The Morgan fingerprint density at radius 2 is 1.33 bits per heavy atom. The highest BCUT2D eigenvalue weighted by Crippen LogP contribution is 2.30. The number of anilines is 2. The molecule has 0 fully saturated rings. The van der Waals surface area contributed by atoms with Gasteiger partial charge in [0.25, 0.3) is 11.9 Å². The quantitative estimate of drug-likeness (QED) is 0.694. The molecule has 4 nitrogen and oxygen atoms in total. The zero-order valence-electron chi connectivity index (χ0n) is 11.0. The molecule has 21 heavy (non-hydrogen) atoms. The number of hydrogen-bond donors (Lipinski definition) is 1. The van der Waals surface area contributed by atoms with Crippen molar-refractivity contribution in [1.82, 2.24) is 4.98 Å². The number of methoxy groups -OCH3 is 2. The van der Waals surface area contributed by atoms with E-state index in [2.05, 4.69) is 10.3 Å². The smallest absolute Gasteiger partial charge is 0.253 e. The number of pyridine rings is 1. The number of ether oxygens (including phenoxy) is 2. The largest absolute Gasteiger partial charge is 0.497 e. The Hall–Kier alpha value is -2.51. The van der Waals surface area contributed by atoms with Crippen LogP contribution in [0, 0.1) is 23.5 Å². The van der Waals surface area contributed by atoms with E-state index >= 15 is 0 Å². The molecule has 0 saturated heterocycles. The SMILES string of the molecule is COc1cc(Nc2c(F)c(F)nc(F)c2F)cc(OC)c1. The Morgan fingerprint density at radius 3 is 1.76 bits per heavy atom. The molecule has 0 bridgehead atoms. The summed E-state index contributed by atoms with van der Waals surface area (Å²) in [5, 5.41) is 2.24. The summed E-state index contributed by atoms with van der Waals surface area (Å²) in [6, 6.07) is 4.26. The number of hydrogen-bond acceptors (Lipinski definition) is 4. The van der Waals surface area contributed by atoms with Gasteiger partial charge in [-0.3, -0.25) is 0 Å². The summed E-state index contributed by atoms with van der Waals surface area (Å²) in [5.41, 5.74) is -0.871. The minimum Gasteiger partial charge on any atom is -0.497 e. The molecule has 0 aliphatic heterocycles. The summed E-state index contributed by atoms with van der Waals surface area (Å²) in [7, 11) is 2.76. The highest BCUT2D eigenvalue weighted by molar-refractivity contribution is 5.64. The van der Waals surface area contributed by atoms with Gasteiger partial charge in [0, 0.05) is 23.9 Å². The van der Waals surface area contributed by atoms with Gasteiger partial charge in [0.2, 0.25) is 11.6 Å². The fourth-order valence-electron chi connectivity index (χ4n) is 1.62. The van der Waals surface area contributed by atoms with Crippen LogP contribution in [0.1, 0.15) is 0 Å². The van der Waals surface area contributed by atoms with Crippen molar-refractivity contribution >= 4 is 11.4 Å². The van der Waals surface area contributed by atoms with E-state index in [-0.39, 0.29) is 5.69 Å². The zero-order chi connectivity index (χ0) is 15.6. The molecule has 1 heterocycles. The molecular formula is C13H10F4N2O2. The molecule has 2 rings (SSSR count). The lowest BCUT2D eigenvalue weighted by Gasteiger charge is -2.12. The van der Waals surface area contributed by atoms with E-state index in [1.807, 2.05) is 0 Å². The minimum atomic E-state index is -1.74. The standard InChI is InChI=1S/C13H10F4N2O2/c1-20-7-3-6(4-8(5-7)21-2)18-11-9(14)12(16)19-13(17)10(11)15/h3-5H,1-2H3,(H,18,19). The average Bonchev–Trinajstić information content (AvgIpc) is 2.49. The number of rotatable bonds is 4. The van der Waals surface area contributed by atoms with Gasteiger partial charge in [0.1, 0.15) is 17.2 Å². The molecule has 0 atom stereocenters. The number of nitrogens with zero attached hydrogens (tertiary/aromatic N) is 1. The van der Waals surface area contributed by atoms with Crippen LogP contribution in [0.5, 0.6) is 11.5 Å². The lowest BCUT2D eigenvalue weighted by Crippen LogP contribution is -2.06. The summed E-state index contributed by atoms with van der Waals surface area (Å²) in [6.07, 6.45) is 0. The molecule has 8 heteroatoms. The third-order valence-corrected chi connectivity index (χ3v) is 2.62. The maximum Gasteiger partial charge on any atom is 0.253 e. The fourth-order valence-corrected chi connectivity index (χ4v) is 1.62. The fraction of sp³-hybridized carbons (Fsp3) is 0.154. The molecule has 0 aliphatic carbocycles. The van der Waals surface area contributed by atoms with Crippen LogP contribution >= 0.6 is 0 Å². The van der Waals surface area contributed by atoms with Crippen LogP contribution in [0.4, 0.5) is 28.9 Å². The predicted octanol–water partition coefficient (Wildman–Crippen LogP) is 3.40. The molecule has 0 aliphatic rings. The van der Waals surface area contributed by atoms with Gasteiger partial charge >= 0.3 is 0 Å². The van der Waals surface area contributed by atoms with Gasteiger partial charge in [0.05, 0.1) is 14.2 Å². The molecular weight excluding hydrogens is 292 g/mol. The van der Waals surface area contributed by atoms with Gasteiger partial charge in [-0.1, -0.05) is 0 Å². The first-order chi connectivity index (χ1) is 9.96. The van der Waals surface area contributed by atoms with Crippen molar-refractivity contribution in [2.75, 3.05) is 19.5 Å². The van der Waals surface area contributed by atoms with Gasteiger partial charge in [-0.15, -0.1) is 0 Å². The van der Waals surface area contributed by atoms with E-state index in [4.69, 9.17) is 9.47 Å². The number of halogens is 4. The van der Waals surface area contributed by atoms with Crippen molar-refractivity contribution in [2.45, 2.75) is 0 Å². The Labute approximate surface area is 117 Å². The van der Waals surface area contributed by atoms with Crippen LogP contribution in [-0.2, 0) is 0 Å². The molecule has 0 spiro atoms. The van der Waals surface area contributed by atoms with E-state index in [9.17, 15) is 17.6 Å². The molecule has 1 aromatic carbocycles. The van der Waals surface area contributed by atoms with Crippen LogP contribution in [0.3, 0.4) is 0 Å². The van der Waals surface area contributed by atoms with Crippen LogP contribution in [0.15, 0.2) is 18.2 Å². The molecule has 0 radical (unpaired) electrons. The third kappa shape index (κ3) is 2.99. The van der Waals surface area contributed by atoms with Crippen molar-refractivity contribution in [3.05, 3.63) is 41.7 Å². The topological polar surface area (TPSA) is 43.4 Å². The summed E-state index contributed by atoms with van der Waals surface area (Å²) >= 11 is 0. The van der Waals surface area contributed by atoms with Crippen molar-refractivity contribution < 1.29 is 27.0 Å². The number of nitrogens with one attached hydrogen (secondary N) is 1. The van der Waals surface area contributed by atoms with Crippen molar-refractivity contribution in [3.8, 4) is 11.5 Å². The van der Waals surface area contributed by atoms with Crippen LogP contribution in [0.25, 0.3) is 0 Å².